The second-order valence-electron chi connectivity index (χ2n) is 6.31. The number of fused-ring (bicyclic) bond motifs is 3. The largest absolute Gasteiger partial charge is 0.0622 e. The topological polar surface area (TPSA) is 0 Å². The summed E-state index contributed by atoms with van der Waals surface area (Å²) in [5.41, 5.74) is 11.6. The molecule has 0 saturated heterocycles. The minimum Gasteiger partial charge on any atom is -0.0622 e. The van der Waals surface area contributed by atoms with Gasteiger partial charge < -0.3 is 0 Å². The van der Waals surface area contributed by atoms with Crippen molar-refractivity contribution in [1.29, 1.82) is 0 Å². The van der Waals surface area contributed by atoms with Crippen molar-refractivity contribution >= 4 is 0 Å². The van der Waals surface area contributed by atoms with E-state index in [-0.39, 0.29) is 0 Å². The first-order chi connectivity index (χ1) is 10.7. The van der Waals surface area contributed by atoms with Crippen molar-refractivity contribution in [3.05, 3.63) is 94.0 Å². The first-order valence-corrected chi connectivity index (χ1v) is 7.98. The van der Waals surface area contributed by atoms with Crippen LogP contribution in [0.15, 0.2) is 60.7 Å². The third-order valence-corrected chi connectivity index (χ3v) is 5.05. The van der Waals surface area contributed by atoms with Gasteiger partial charge >= 0.3 is 0 Å². The van der Waals surface area contributed by atoms with Crippen molar-refractivity contribution in [1.82, 2.24) is 0 Å². The van der Waals surface area contributed by atoms with Gasteiger partial charge in [-0.05, 0) is 71.2 Å². The fourth-order valence-electron chi connectivity index (χ4n) is 3.63. The molecule has 0 aromatic heterocycles. The Bertz CT molecular complexity index is 841. The van der Waals surface area contributed by atoms with E-state index in [1.165, 1.54) is 44.5 Å². The van der Waals surface area contributed by atoms with E-state index in [9.17, 15) is 0 Å². The van der Waals surface area contributed by atoms with Gasteiger partial charge in [-0.15, -0.1) is 0 Å². The minimum atomic E-state index is 1.02. The molecule has 0 unspecified atom stereocenters. The van der Waals surface area contributed by atoms with Crippen LogP contribution >= 0.6 is 0 Å². The van der Waals surface area contributed by atoms with Gasteiger partial charge in [-0.25, -0.2) is 0 Å². The Morgan fingerprint density at radius 2 is 1.50 bits per heavy atom. The van der Waals surface area contributed by atoms with Crippen LogP contribution in [0.3, 0.4) is 0 Å². The summed E-state index contributed by atoms with van der Waals surface area (Å²) in [5, 5.41) is 0. The highest BCUT2D eigenvalue weighted by atomic mass is 14.3. The summed E-state index contributed by atoms with van der Waals surface area (Å²) in [5.74, 6) is 0. The van der Waals surface area contributed by atoms with Crippen LogP contribution in [-0.4, -0.2) is 0 Å². The molecule has 22 heavy (non-hydrogen) atoms. The Kier molecular flexibility index (Phi) is 3.11. The van der Waals surface area contributed by atoms with Gasteiger partial charge in [0.05, 0.1) is 0 Å². The van der Waals surface area contributed by atoms with Crippen molar-refractivity contribution in [2.24, 2.45) is 0 Å². The highest BCUT2D eigenvalue weighted by Crippen LogP contribution is 2.40. The first kappa shape index (κ1) is 13.3. The Morgan fingerprint density at radius 3 is 2.32 bits per heavy atom. The predicted molar refractivity (Wildman–Crippen MR) is 93.4 cm³/mol. The lowest BCUT2D eigenvalue weighted by Crippen LogP contribution is -1.98. The number of benzene rings is 3. The molecule has 0 amide bonds. The molecule has 3 aromatic carbocycles. The van der Waals surface area contributed by atoms with Gasteiger partial charge in [-0.3, -0.25) is 0 Å². The number of rotatable bonds is 2. The van der Waals surface area contributed by atoms with E-state index < -0.39 is 0 Å². The maximum atomic E-state index is 2.43. The van der Waals surface area contributed by atoms with Crippen LogP contribution in [0, 0.1) is 13.8 Å². The molecule has 0 N–H and O–H groups in total. The van der Waals surface area contributed by atoms with Crippen molar-refractivity contribution in [2.45, 2.75) is 26.7 Å². The molecule has 1 aliphatic carbocycles. The van der Waals surface area contributed by atoms with Gasteiger partial charge in [0.1, 0.15) is 0 Å². The van der Waals surface area contributed by atoms with E-state index in [4.69, 9.17) is 0 Å². The fraction of sp³-hybridized carbons (Fsp3) is 0.182. The third-order valence-electron chi connectivity index (χ3n) is 5.05. The molecule has 0 heterocycles. The zero-order valence-electron chi connectivity index (χ0n) is 13.2. The molecular weight excluding hydrogens is 264 g/mol. The van der Waals surface area contributed by atoms with Gasteiger partial charge in [0.25, 0.3) is 0 Å². The smallest absolute Gasteiger partial charge is 0.00107 e. The van der Waals surface area contributed by atoms with E-state index in [1.807, 2.05) is 0 Å². The van der Waals surface area contributed by atoms with E-state index in [1.54, 1.807) is 0 Å². The third kappa shape index (κ3) is 2.07. The van der Waals surface area contributed by atoms with Gasteiger partial charge in [0.2, 0.25) is 0 Å². The quantitative estimate of drug-likeness (QED) is 0.458. The highest BCUT2D eigenvalue weighted by Gasteiger charge is 2.22. The van der Waals surface area contributed by atoms with E-state index in [2.05, 4.69) is 74.5 Å². The molecule has 0 heteroatoms. The number of hydrogen-bond donors (Lipinski definition) is 0. The molecule has 0 saturated carbocycles. The van der Waals surface area contributed by atoms with Crippen molar-refractivity contribution in [3.63, 3.8) is 0 Å². The Morgan fingerprint density at radius 1 is 0.773 bits per heavy atom. The second kappa shape index (κ2) is 5.14. The van der Waals surface area contributed by atoms with Crippen molar-refractivity contribution in [2.75, 3.05) is 0 Å². The molecule has 3 aromatic rings. The predicted octanol–water partition coefficient (Wildman–Crippen LogP) is 5.47. The lowest BCUT2D eigenvalue weighted by atomic mass is 9.90. The summed E-state index contributed by atoms with van der Waals surface area (Å²) in [6.07, 6.45) is 2.10. The van der Waals surface area contributed by atoms with E-state index in [0.717, 1.165) is 12.8 Å². The van der Waals surface area contributed by atoms with Gasteiger partial charge in [0, 0.05) is 0 Å². The Hall–Kier alpha value is -2.34. The van der Waals surface area contributed by atoms with Crippen LogP contribution < -0.4 is 0 Å². The molecule has 0 spiro atoms. The van der Waals surface area contributed by atoms with Crippen LogP contribution in [-0.2, 0) is 12.8 Å². The average Bonchev–Trinajstić information content (AvgIpc) is 2.92. The minimum absolute atomic E-state index is 1.02. The maximum absolute atomic E-state index is 2.43. The molecule has 0 bridgehead atoms. The monoisotopic (exact) mass is 284 g/mol. The van der Waals surface area contributed by atoms with Crippen molar-refractivity contribution in [3.8, 4) is 11.1 Å². The summed E-state index contributed by atoms with van der Waals surface area (Å²) in [6, 6.07) is 22.0. The van der Waals surface area contributed by atoms with Gasteiger partial charge in [-0.2, -0.15) is 0 Å². The highest BCUT2D eigenvalue weighted by molar-refractivity contribution is 5.79. The summed E-state index contributed by atoms with van der Waals surface area (Å²) in [7, 11) is 0. The normalized spacial score (nSPS) is 12.1. The SMILES string of the molecule is Cc1c(Cc2ccccc2)cc2c(c1C)Cc1ccccc1-2. The summed E-state index contributed by atoms with van der Waals surface area (Å²) < 4.78 is 0. The lowest BCUT2D eigenvalue weighted by molar-refractivity contribution is 1.11. The van der Waals surface area contributed by atoms with Crippen molar-refractivity contribution < 1.29 is 0 Å². The standard InChI is InChI=1S/C22H20/c1-15-16(2)21-13-18-10-6-7-11-20(18)22(21)14-19(15)12-17-8-4-3-5-9-17/h3-11,14H,12-13H2,1-2H3. The molecule has 4 rings (SSSR count). The lowest BCUT2D eigenvalue weighted by Gasteiger charge is -2.14. The molecule has 0 nitrogen and oxygen atoms in total. The molecule has 1 aliphatic rings. The molecular formula is C22H20. The van der Waals surface area contributed by atoms with Gasteiger partial charge in [0.15, 0.2) is 0 Å². The van der Waals surface area contributed by atoms with Crippen LogP contribution in [0.25, 0.3) is 11.1 Å². The van der Waals surface area contributed by atoms with E-state index >= 15 is 0 Å². The Balaban J connectivity index is 1.84. The van der Waals surface area contributed by atoms with Crippen LogP contribution in [0.1, 0.15) is 33.4 Å². The molecule has 0 aliphatic heterocycles. The van der Waals surface area contributed by atoms with E-state index in [0.29, 0.717) is 0 Å². The average molecular weight is 284 g/mol. The van der Waals surface area contributed by atoms with Crippen LogP contribution in [0.4, 0.5) is 0 Å². The molecule has 0 fully saturated rings. The summed E-state index contributed by atoms with van der Waals surface area (Å²) in [6.45, 7) is 4.56. The Labute approximate surface area is 132 Å². The van der Waals surface area contributed by atoms with Crippen LogP contribution in [0.5, 0.6) is 0 Å². The maximum Gasteiger partial charge on any atom is -0.00107 e. The zero-order valence-corrected chi connectivity index (χ0v) is 13.2. The molecule has 0 radical (unpaired) electrons. The molecule has 0 atom stereocenters. The molecule has 108 valence electrons. The first-order valence-electron chi connectivity index (χ1n) is 7.98. The fourth-order valence-corrected chi connectivity index (χ4v) is 3.63. The van der Waals surface area contributed by atoms with Gasteiger partial charge in [-0.1, -0.05) is 60.7 Å². The second-order valence-corrected chi connectivity index (χ2v) is 6.31. The summed E-state index contributed by atoms with van der Waals surface area (Å²) >= 11 is 0. The summed E-state index contributed by atoms with van der Waals surface area (Å²) in [4.78, 5) is 0. The number of hydrogen-bond acceptors (Lipinski definition) is 0. The van der Waals surface area contributed by atoms with Crippen LogP contribution in [0.2, 0.25) is 0 Å². The zero-order chi connectivity index (χ0) is 15.1.